The van der Waals surface area contributed by atoms with Crippen LogP contribution in [0.5, 0.6) is 11.5 Å². The van der Waals surface area contributed by atoms with Crippen LogP contribution in [0.2, 0.25) is 0 Å². The van der Waals surface area contributed by atoms with Crippen molar-refractivity contribution < 1.29 is 47.7 Å². The van der Waals surface area contributed by atoms with Gasteiger partial charge in [-0.25, -0.2) is 0 Å². The Hall–Kier alpha value is -3.43. The molecule has 0 spiro atoms. The van der Waals surface area contributed by atoms with Crippen molar-refractivity contribution in [3.63, 3.8) is 0 Å². The van der Waals surface area contributed by atoms with Crippen molar-refractivity contribution in [3.05, 3.63) is 24.3 Å². The molecule has 0 heterocycles. The molecule has 2 aliphatic carbocycles. The SMILES string of the molecule is CCC(C)C(=O)OCCOC(=O)CCC(=O)Oc1ccc(OC(=O)C2CCC(C3CCC(C(=O)OC)CC3)CC2)cc1. The number of hydrogen-bond acceptors (Lipinski definition) is 10. The maximum absolute atomic E-state index is 12.8. The summed E-state index contributed by atoms with van der Waals surface area (Å²) in [6.07, 6.45) is 7.75. The van der Waals surface area contributed by atoms with E-state index in [-0.39, 0.29) is 67.5 Å². The van der Waals surface area contributed by atoms with Gasteiger partial charge in [-0.2, -0.15) is 0 Å². The first-order valence-electron chi connectivity index (χ1n) is 15.1. The molecule has 1 aromatic carbocycles. The van der Waals surface area contributed by atoms with E-state index < -0.39 is 11.9 Å². The van der Waals surface area contributed by atoms with Gasteiger partial charge in [0.1, 0.15) is 24.7 Å². The van der Waals surface area contributed by atoms with Crippen LogP contribution in [0.15, 0.2) is 24.3 Å². The second kappa shape index (κ2) is 16.9. The van der Waals surface area contributed by atoms with Gasteiger partial charge in [0.2, 0.25) is 0 Å². The molecule has 3 rings (SSSR count). The van der Waals surface area contributed by atoms with Gasteiger partial charge in [-0.1, -0.05) is 13.8 Å². The molecule has 1 atom stereocenters. The van der Waals surface area contributed by atoms with E-state index in [2.05, 4.69) is 0 Å². The highest BCUT2D eigenvalue weighted by molar-refractivity contribution is 5.79. The fourth-order valence-electron chi connectivity index (χ4n) is 5.66. The lowest BCUT2D eigenvalue weighted by molar-refractivity contribution is -0.155. The first kappa shape index (κ1) is 33.1. The van der Waals surface area contributed by atoms with E-state index in [4.69, 9.17) is 23.7 Å². The summed E-state index contributed by atoms with van der Waals surface area (Å²) in [6.45, 7) is 3.54. The predicted molar refractivity (Wildman–Crippen MR) is 151 cm³/mol. The van der Waals surface area contributed by atoms with Gasteiger partial charge < -0.3 is 23.7 Å². The molecule has 10 heteroatoms. The standard InChI is InChI=1S/C32H44O10/c1-4-21(2)30(35)40-20-19-39-28(33)17-18-29(34)41-26-13-15-27(16-14-26)42-32(37)25-11-7-23(8-12-25)22-5-9-24(10-6-22)31(36)38-3/h13-16,21-25H,4-12,17-20H2,1-3H3. The molecule has 0 bridgehead atoms. The Balaban J connectivity index is 1.30. The Morgan fingerprint density at radius 2 is 1.17 bits per heavy atom. The van der Waals surface area contributed by atoms with Crippen molar-refractivity contribution in [2.75, 3.05) is 20.3 Å². The number of hydrogen-bond donors (Lipinski definition) is 0. The molecule has 1 unspecified atom stereocenters. The van der Waals surface area contributed by atoms with Gasteiger partial charge in [0.15, 0.2) is 0 Å². The lowest BCUT2D eigenvalue weighted by Gasteiger charge is -2.36. The molecule has 0 saturated heterocycles. The van der Waals surface area contributed by atoms with E-state index in [1.807, 2.05) is 6.92 Å². The first-order chi connectivity index (χ1) is 20.2. The van der Waals surface area contributed by atoms with Crippen LogP contribution in [0.1, 0.15) is 84.5 Å². The van der Waals surface area contributed by atoms with Crippen LogP contribution in [-0.2, 0) is 38.2 Å². The third-order valence-corrected chi connectivity index (χ3v) is 8.49. The van der Waals surface area contributed by atoms with E-state index in [0.29, 0.717) is 24.0 Å². The summed E-state index contributed by atoms with van der Waals surface area (Å²) in [5.41, 5.74) is 0. The summed E-state index contributed by atoms with van der Waals surface area (Å²) < 4.78 is 25.7. The highest BCUT2D eigenvalue weighted by Crippen LogP contribution is 2.42. The van der Waals surface area contributed by atoms with Crippen molar-refractivity contribution in [2.45, 2.75) is 84.5 Å². The minimum atomic E-state index is -0.601. The highest BCUT2D eigenvalue weighted by atomic mass is 16.6. The van der Waals surface area contributed by atoms with E-state index in [9.17, 15) is 24.0 Å². The molecule has 10 nitrogen and oxygen atoms in total. The summed E-state index contributed by atoms with van der Waals surface area (Å²) in [4.78, 5) is 60.1. The normalized spacial score (nSPS) is 22.7. The van der Waals surface area contributed by atoms with Crippen LogP contribution in [0.25, 0.3) is 0 Å². The zero-order valence-electron chi connectivity index (χ0n) is 25.0. The molecule has 0 aromatic heterocycles. The summed E-state index contributed by atoms with van der Waals surface area (Å²) in [6, 6.07) is 6.21. The molecular weight excluding hydrogens is 544 g/mol. The largest absolute Gasteiger partial charge is 0.469 e. The summed E-state index contributed by atoms with van der Waals surface area (Å²) in [7, 11) is 1.45. The van der Waals surface area contributed by atoms with Crippen molar-refractivity contribution in [1.29, 1.82) is 0 Å². The van der Waals surface area contributed by atoms with Crippen molar-refractivity contribution in [2.24, 2.45) is 29.6 Å². The molecule has 0 radical (unpaired) electrons. The van der Waals surface area contributed by atoms with Gasteiger partial charge in [-0.3, -0.25) is 24.0 Å². The van der Waals surface area contributed by atoms with E-state index in [0.717, 1.165) is 51.4 Å². The Morgan fingerprint density at radius 1 is 0.690 bits per heavy atom. The Bertz CT molecular complexity index is 1050. The van der Waals surface area contributed by atoms with Crippen molar-refractivity contribution in [3.8, 4) is 11.5 Å². The monoisotopic (exact) mass is 588 g/mol. The zero-order chi connectivity index (χ0) is 30.5. The number of ether oxygens (including phenoxy) is 5. The van der Waals surface area contributed by atoms with Gasteiger partial charge >= 0.3 is 29.8 Å². The van der Waals surface area contributed by atoms with E-state index in [1.165, 1.54) is 19.2 Å². The third kappa shape index (κ3) is 10.4. The molecule has 42 heavy (non-hydrogen) atoms. The second-order valence-corrected chi connectivity index (χ2v) is 11.3. The van der Waals surface area contributed by atoms with Gasteiger partial charge in [0.05, 0.1) is 37.7 Å². The maximum atomic E-state index is 12.8. The van der Waals surface area contributed by atoms with Gasteiger partial charge in [-0.15, -0.1) is 0 Å². The molecule has 1 aromatic rings. The number of carbonyl (C=O) groups is 5. The van der Waals surface area contributed by atoms with E-state index in [1.54, 1.807) is 19.1 Å². The number of carbonyl (C=O) groups excluding carboxylic acids is 5. The van der Waals surface area contributed by atoms with Crippen LogP contribution in [0.3, 0.4) is 0 Å². The topological polar surface area (TPSA) is 132 Å². The van der Waals surface area contributed by atoms with Crippen molar-refractivity contribution >= 4 is 29.8 Å². The Morgan fingerprint density at radius 3 is 1.69 bits per heavy atom. The quantitative estimate of drug-likeness (QED) is 0.131. The van der Waals surface area contributed by atoms with Crippen molar-refractivity contribution in [1.82, 2.24) is 0 Å². The van der Waals surface area contributed by atoms with Crippen LogP contribution in [0.4, 0.5) is 0 Å². The molecule has 2 aliphatic rings. The van der Waals surface area contributed by atoms with Gasteiger partial charge in [0, 0.05) is 0 Å². The molecular formula is C32H44O10. The van der Waals surface area contributed by atoms with Gasteiger partial charge in [0.25, 0.3) is 0 Å². The first-order valence-corrected chi connectivity index (χ1v) is 15.1. The fourth-order valence-corrected chi connectivity index (χ4v) is 5.66. The molecule has 232 valence electrons. The predicted octanol–water partition coefficient (Wildman–Crippen LogP) is 5.20. The summed E-state index contributed by atoms with van der Waals surface area (Å²) >= 11 is 0. The molecule has 2 fully saturated rings. The number of rotatable bonds is 13. The number of esters is 5. The van der Waals surface area contributed by atoms with Crippen LogP contribution >= 0.6 is 0 Å². The minimum Gasteiger partial charge on any atom is -0.469 e. The molecule has 0 aliphatic heterocycles. The van der Waals surface area contributed by atoms with E-state index >= 15 is 0 Å². The van der Waals surface area contributed by atoms with Crippen LogP contribution in [0, 0.1) is 29.6 Å². The molecule has 0 N–H and O–H groups in total. The van der Waals surface area contributed by atoms with Gasteiger partial charge in [-0.05, 0) is 93.9 Å². The number of methoxy groups -OCH3 is 1. The third-order valence-electron chi connectivity index (χ3n) is 8.49. The summed E-state index contributed by atoms with van der Waals surface area (Å²) in [5, 5.41) is 0. The highest BCUT2D eigenvalue weighted by Gasteiger charge is 2.35. The van der Waals surface area contributed by atoms with Crippen LogP contribution in [-0.4, -0.2) is 50.2 Å². The minimum absolute atomic E-state index is 0.0287. The Labute approximate surface area is 247 Å². The summed E-state index contributed by atoms with van der Waals surface area (Å²) in [5.74, 6) is -0.361. The lowest BCUT2D eigenvalue weighted by Crippen LogP contribution is -2.31. The smallest absolute Gasteiger partial charge is 0.314 e. The average Bonchev–Trinajstić information content (AvgIpc) is 3.02. The fraction of sp³-hybridized carbons (Fsp3) is 0.656. The zero-order valence-corrected chi connectivity index (χ0v) is 25.0. The average molecular weight is 589 g/mol. The Kier molecular flexibility index (Phi) is 13.3. The van der Waals surface area contributed by atoms with Crippen LogP contribution < -0.4 is 9.47 Å². The number of benzene rings is 1. The lowest BCUT2D eigenvalue weighted by atomic mass is 9.69. The molecule has 2 saturated carbocycles. The maximum Gasteiger partial charge on any atom is 0.314 e. The molecule has 0 amide bonds. The second-order valence-electron chi connectivity index (χ2n) is 11.3.